The van der Waals surface area contributed by atoms with Gasteiger partial charge in [0, 0.05) is 58.4 Å². The molecule has 2 aliphatic heterocycles. The summed E-state index contributed by atoms with van der Waals surface area (Å²) in [5.41, 5.74) is 7.05. The maximum absolute atomic E-state index is 6.74. The van der Waals surface area contributed by atoms with Crippen molar-refractivity contribution >= 4 is 22.1 Å². The fourth-order valence-electron chi connectivity index (χ4n) is 8.87. The number of fused-ring (bicyclic) bond motifs is 15. The van der Waals surface area contributed by atoms with Crippen LogP contribution in [0.4, 0.5) is 0 Å². The first-order chi connectivity index (χ1) is 33.2. The second-order valence-corrected chi connectivity index (χ2v) is 21.0. The summed E-state index contributed by atoms with van der Waals surface area (Å²) in [4.78, 5) is 38.9. The van der Waals surface area contributed by atoms with Crippen LogP contribution in [0.1, 0.15) is 111 Å². The van der Waals surface area contributed by atoms with Crippen LogP contribution in [0.15, 0.2) is 79.1 Å². The number of aromatic amines is 2. The molecule has 368 valence electrons. The van der Waals surface area contributed by atoms with Crippen LogP contribution < -0.4 is 4.74 Å². The lowest BCUT2D eigenvalue weighted by Gasteiger charge is -2.30. The van der Waals surface area contributed by atoms with Gasteiger partial charge in [-0.1, -0.05) is 80.6 Å². The summed E-state index contributed by atoms with van der Waals surface area (Å²) in [6, 6.07) is 24.6. The average Bonchev–Trinajstić information content (AvgIpc) is 3.97. The molecule has 0 saturated carbocycles. The van der Waals surface area contributed by atoms with E-state index in [4.69, 9.17) is 53.6 Å². The van der Waals surface area contributed by atoms with Crippen LogP contribution in [-0.2, 0) is 30.1 Å². The molecule has 0 radical (unpaired) electrons. The van der Waals surface area contributed by atoms with Crippen LogP contribution in [-0.4, -0.2) is 85.1 Å². The van der Waals surface area contributed by atoms with Crippen molar-refractivity contribution in [2.75, 3.05) is 34.0 Å². The van der Waals surface area contributed by atoms with Crippen LogP contribution in [0.5, 0.6) is 5.75 Å². The Morgan fingerprint density at radius 3 is 1.73 bits per heavy atom. The van der Waals surface area contributed by atoms with E-state index >= 15 is 0 Å². The minimum absolute atomic E-state index is 0.333. The van der Waals surface area contributed by atoms with Crippen LogP contribution in [0.2, 0.25) is 0 Å². The van der Waals surface area contributed by atoms with Crippen molar-refractivity contribution in [1.29, 1.82) is 0 Å². The van der Waals surface area contributed by atoms with E-state index in [0.717, 1.165) is 73.0 Å². The second-order valence-electron chi connectivity index (χ2n) is 21.0. The van der Waals surface area contributed by atoms with Gasteiger partial charge in [-0.3, -0.25) is 0 Å². The third kappa shape index (κ3) is 10.5. The van der Waals surface area contributed by atoms with Gasteiger partial charge in [-0.25, -0.2) is 29.9 Å². The van der Waals surface area contributed by atoms with E-state index in [1.807, 2.05) is 42.5 Å². The highest BCUT2D eigenvalue weighted by atomic mass is 16.5. The molecule has 8 rings (SSSR count). The molecule has 2 aromatic heterocycles. The van der Waals surface area contributed by atoms with Gasteiger partial charge in [0.2, 0.25) is 0 Å². The minimum Gasteiger partial charge on any atom is -0.493 e. The monoisotopic (exact) mass is 947 g/mol. The molecule has 6 bridgehead atoms. The summed E-state index contributed by atoms with van der Waals surface area (Å²) >= 11 is 0. The van der Waals surface area contributed by atoms with Crippen molar-refractivity contribution in [1.82, 2.24) is 39.9 Å². The quantitative estimate of drug-likeness (QED) is 0.0896. The summed E-state index contributed by atoms with van der Waals surface area (Å²) in [6.07, 6.45) is 4.00. The molecule has 0 spiro atoms. The van der Waals surface area contributed by atoms with E-state index in [1.165, 1.54) is 0 Å². The number of nitrogens with one attached hydrogen (secondary N) is 2. The Morgan fingerprint density at radius 1 is 0.571 bits per heavy atom. The van der Waals surface area contributed by atoms with Gasteiger partial charge in [0.25, 0.3) is 0 Å². The standard InChI is InChI=1S/C57H70N8O5/c1-34(2)27-30-68-43-26-18-20-37(36(43)4)47-58-33-59-48-39-22-16-24-41(56(9,10)69-31-28-54(5,6)66-13)45(39)52(61-48)64-49-38-21-15-19-35(3)44(38)51(62-49)63-50-40-23-17-25-42(46(40)53(60-47)65-50)57(11,12)70-32-29-55(7,8)67-14/h15-26,33-34H,27-32H2,1-14H3,(H2,58,59,60,61,62,63,64,65). The lowest BCUT2D eigenvalue weighted by atomic mass is 9.90. The number of ether oxygens (including phenoxy) is 5. The number of H-pyrrole nitrogens is 2. The van der Waals surface area contributed by atoms with Gasteiger partial charge in [0.15, 0.2) is 23.3 Å². The predicted octanol–water partition coefficient (Wildman–Crippen LogP) is 13.0. The van der Waals surface area contributed by atoms with E-state index in [-0.39, 0.29) is 11.2 Å². The van der Waals surface area contributed by atoms with Crippen molar-refractivity contribution in [2.24, 2.45) is 5.92 Å². The largest absolute Gasteiger partial charge is 0.493 e. The number of hydrogen-bond donors (Lipinski definition) is 2. The van der Waals surface area contributed by atoms with E-state index in [0.29, 0.717) is 79.0 Å². The van der Waals surface area contributed by atoms with Gasteiger partial charge in [-0.05, 0) is 117 Å². The van der Waals surface area contributed by atoms with E-state index in [1.54, 1.807) is 20.5 Å². The molecule has 0 saturated heterocycles. The SMILES string of the molecule is COC(C)(C)CCOC(C)(C)c1cccc2c1-c1nc-2nc2[nH]c(nc3nc(nc[nH]c(-c4cccc(OCCC(C)C)c4C)n1)-c1cccc(C(C)(C)OCCC(C)(C)OC)c1-3)c1cccc(C)c21. The lowest BCUT2D eigenvalue weighted by Crippen LogP contribution is -2.29. The summed E-state index contributed by atoms with van der Waals surface area (Å²) in [7, 11) is 3.46. The fourth-order valence-corrected chi connectivity index (χ4v) is 8.87. The summed E-state index contributed by atoms with van der Waals surface area (Å²) in [5, 5.41) is 1.83. The van der Waals surface area contributed by atoms with Crippen molar-refractivity contribution in [3.05, 3.63) is 101 Å². The van der Waals surface area contributed by atoms with Crippen LogP contribution >= 0.6 is 0 Å². The number of nitrogens with zero attached hydrogens (tertiary/aromatic N) is 6. The molecular weight excluding hydrogens is 877 g/mol. The van der Waals surface area contributed by atoms with E-state index in [2.05, 4.69) is 123 Å². The average molecular weight is 947 g/mol. The normalized spacial score (nSPS) is 12.8. The first-order valence-corrected chi connectivity index (χ1v) is 24.5. The van der Waals surface area contributed by atoms with Gasteiger partial charge in [-0.15, -0.1) is 0 Å². The Kier molecular flexibility index (Phi) is 14.3. The molecule has 13 nitrogen and oxygen atoms in total. The highest BCUT2D eigenvalue weighted by molar-refractivity contribution is 6.06. The third-order valence-corrected chi connectivity index (χ3v) is 13.8. The smallest absolute Gasteiger partial charge is 0.165 e. The van der Waals surface area contributed by atoms with Gasteiger partial charge >= 0.3 is 0 Å². The molecule has 4 aromatic carbocycles. The van der Waals surface area contributed by atoms with Gasteiger partial charge in [0.05, 0.1) is 48.6 Å². The molecule has 0 amide bonds. The number of methoxy groups -OCH3 is 2. The van der Waals surface area contributed by atoms with Crippen molar-refractivity contribution in [3.63, 3.8) is 0 Å². The Labute approximate surface area is 412 Å². The molecular formula is C57H70N8O5. The molecule has 70 heavy (non-hydrogen) atoms. The molecule has 4 heterocycles. The Hall–Kier alpha value is -6.12. The van der Waals surface area contributed by atoms with Crippen molar-refractivity contribution in [2.45, 2.75) is 125 Å². The zero-order chi connectivity index (χ0) is 50.2. The maximum Gasteiger partial charge on any atom is 0.165 e. The number of hydrogen-bond acceptors (Lipinski definition) is 11. The number of aromatic nitrogens is 8. The van der Waals surface area contributed by atoms with Gasteiger partial charge in [0.1, 0.15) is 22.9 Å². The Balaban J connectivity index is 1.41. The van der Waals surface area contributed by atoms with Crippen LogP contribution in [0.25, 0.3) is 79.0 Å². The molecule has 0 unspecified atom stereocenters. The number of aryl methyl sites for hydroxylation is 1. The van der Waals surface area contributed by atoms with Gasteiger partial charge in [-0.2, -0.15) is 0 Å². The molecule has 13 heteroatoms. The second kappa shape index (κ2) is 19.9. The fraction of sp³-hybridized carbons (Fsp3) is 0.439. The topological polar surface area (TPSA) is 155 Å². The van der Waals surface area contributed by atoms with Crippen LogP contribution in [0, 0.1) is 19.8 Å². The van der Waals surface area contributed by atoms with Crippen molar-refractivity contribution in [3.8, 4) is 62.7 Å². The third-order valence-electron chi connectivity index (χ3n) is 13.8. The zero-order valence-corrected chi connectivity index (χ0v) is 43.6. The Morgan fingerprint density at radius 2 is 1.11 bits per heavy atom. The zero-order valence-electron chi connectivity index (χ0n) is 43.6. The molecule has 2 aliphatic rings. The molecule has 0 fully saturated rings. The minimum atomic E-state index is -0.752. The highest BCUT2D eigenvalue weighted by Gasteiger charge is 2.34. The molecule has 0 aliphatic carbocycles. The first-order valence-electron chi connectivity index (χ1n) is 24.5. The summed E-state index contributed by atoms with van der Waals surface area (Å²) < 4.78 is 31.3. The van der Waals surface area contributed by atoms with E-state index < -0.39 is 11.2 Å². The maximum atomic E-state index is 6.74. The number of benzene rings is 4. The molecule has 6 aromatic rings. The number of rotatable bonds is 17. The first kappa shape index (κ1) is 50.3. The van der Waals surface area contributed by atoms with E-state index in [9.17, 15) is 0 Å². The molecule has 2 N–H and O–H groups in total. The van der Waals surface area contributed by atoms with Crippen LogP contribution in [0.3, 0.4) is 0 Å². The summed E-state index contributed by atoms with van der Waals surface area (Å²) in [6.45, 7) is 26.7. The lowest BCUT2D eigenvalue weighted by molar-refractivity contribution is -0.0612. The highest BCUT2D eigenvalue weighted by Crippen LogP contribution is 2.44. The summed E-state index contributed by atoms with van der Waals surface area (Å²) in [5.74, 6) is 3.77. The molecule has 0 atom stereocenters. The Bertz CT molecular complexity index is 3090. The van der Waals surface area contributed by atoms with Crippen molar-refractivity contribution < 1.29 is 23.7 Å². The van der Waals surface area contributed by atoms with Gasteiger partial charge < -0.3 is 33.7 Å². The predicted molar refractivity (Wildman–Crippen MR) is 279 cm³/mol.